The van der Waals surface area contributed by atoms with E-state index < -0.39 is 222 Å². The highest BCUT2D eigenvalue weighted by Gasteiger charge is 2.57. The van der Waals surface area contributed by atoms with Gasteiger partial charge in [-0.15, -0.1) is 0 Å². The van der Waals surface area contributed by atoms with Gasteiger partial charge < -0.3 is 117 Å². The third-order valence-corrected chi connectivity index (χ3v) is 116. The predicted octanol–water partition coefficient (Wildman–Crippen LogP) is 21.8. The van der Waals surface area contributed by atoms with Crippen molar-refractivity contribution in [2.45, 2.75) is 399 Å². The normalized spacial score (nSPS) is 16.8. The van der Waals surface area contributed by atoms with E-state index in [1.165, 1.54) is 0 Å². The maximum absolute atomic E-state index is 7.01. The quantitative estimate of drug-likeness (QED) is 0.0311. The average molecular weight is 2130 g/mol. The second-order valence-corrected chi connectivity index (χ2v) is 138. The fraction of sp³-hybridized carbons (Fsp3) is 1.00. The molecule has 0 aromatic heterocycles. The zero-order valence-corrected chi connectivity index (χ0v) is 112. The molecular weight excluding hydrogens is 1950 g/mol. The van der Waals surface area contributed by atoms with Crippen LogP contribution in [-0.4, -0.2) is 254 Å². The molecule has 1 fully saturated rings. The molecule has 710 valence electrons. The van der Waals surface area contributed by atoms with Crippen LogP contribution in [0.2, 0.25) is 346 Å². The van der Waals surface area contributed by atoms with Crippen molar-refractivity contribution in [2.75, 3.05) is 19.8 Å². The fourth-order valence-corrected chi connectivity index (χ4v) is 152. The Morgan fingerprint density at radius 2 is 0.331 bits per heavy atom. The third-order valence-electron chi connectivity index (χ3n) is 14.7. The molecule has 28 nitrogen and oxygen atoms in total. The summed E-state index contributed by atoms with van der Waals surface area (Å²) in [6, 6.07) is 1.09. The summed E-state index contributed by atoms with van der Waals surface area (Å²) in [6.45, 7) is 119. The number of epoxide rings is 1. The van der Waals surface area contributed by atoms with Crippen molar-refractivity contribution in [3.8, 4) is 0 Å². The third kappa shape index (κ3) is 58.5. The Balaban J connectivity index is 0.0000160. The largest absolute Gasteiger partial charge is 0.436 e. The van der Waals surface area contributed by atoms with Crippen molar-refractivity contribution in [2.24, 2.45) is 0 Å². The van der Waals surface area contributed by atoms with Gasteiger partial charge in [0, 0.05) is 12.7 Å². The lowest BCUT2D eigenvalue weighted by atomic mass is 10.5. The molecule has 0 bridgehead atoms. The Morgan fingerprint density at radius 1 is 0.203 bits per heavy atom. The van der Waals surface area contributed by atoms with E-state index in [-0.39, 0.29) is 6.10 Å². The van der Waals surface area contributed by atoms with E-state index in [4.69, 9.17) is 117 Å². The molecule has 1 saturated heterocycles. The van der Waals surface area contributed by atoms with E-state index >= 15 is 0 Å². The molecule has 0 radical (unpaired) electrons. The van der Waals surface area contributed by atoms with Crippen LogP contribution in [0.25, 0.3) is 0 Å². The molecule has 0 spiro atoms. The molecule has 1 unspecified atom stereocenters. The SMILES string of the molecule is CCCOCC1CO1.CCC[Si](C)(C)O[Si](C)(C)O[Si](C)(C)O[Si](C)(C)O[Si](C)(C)O[Si](C)(C)O[Si](C)(C)O[Si](C)(C)O[Si](C)(C)O[Si](C)(C)O[Si](C)(C)O[Si](C)(C)O[Si](C)(C)O[Si](C)(C)O[Si](C)(C)O[Si](C)(C)O[Si](C)(C)O[Si](C)(C)O[Si](C)(C)O[Si](C)(C)O[Si](C)(C)O[Si](C)(C)O[Si](C)(C)O[Si](C)(C)O[Si](C)(C)O[Si](C)(C)OC(C)C. The van der Waals surface area contributed by atoms with Crippen LogP contribution in [-0.2, 0) is 117 Å². The molecule has 0 saturated carbocycles. The van der Waals surface area contributed by atoms with Gasteiger partial charge in [0.2, 0.25) is 0 Å². The van der Waals surface area contributed by atoms with Crippen molar-refractivity contribution < 1.29 is 117 Å². The van der Waals surface area contributed by atoms with Gasteiger partial charge in [0.05, 0.1) is 13.2 Å². The van der Waals surface area contributed by atoms with Crippen LogP contribution < -0.4 is 0 Å². The van der Waals surface area contributed by atoms with Crippen LogP contribution in [0, 0.1) is 0 Å². The van der Waals surface area contributed by atoms with Gasteiger partial charge >= 0.3 is 214 Å². The van der Waals surface area contributed by atoms with Crippen LogP contribution in [0.3, 0.4) is 0 Å². The topological polar surface area (TPSA) is 262 Å². The molecule has 1 heterocycles. The second-order valence-electron chi connectivity index (χ2n) is 43.3. The minimum atomic E-state index is -2.92. The molecule has 54 heteroatoms. The zero-order valence-electron chi connectivity index (χ0n) is 85.8. The Kier molecular flexibility index (Phi) is 45.6. The Bertz CT molecular complexity index is 3010. The molecule has 0 aromatic rings. The van der Waals surface area contributed by atoms with E-state index in [1.807, 2.05) is 13.8 Å². The summed E-state index contributed by atoms with van der Waals surface area (Å²) in [5.41, 5.74) is 0. The van der Waals surface area contributed by atoms with Gasteiger partial charge in [-0.25, -0.2) is 0 Å². The first-order chi connectivity index (χ1) is 51.1. The lowest BCUT2D eigenvalue weighted by molar-refractivity contribution is 0.117. The summed E-state index contributed by atoms with van der Waals surface area (Å²) in [6.07, 6.45) is 2.70. The van der Waals surface area contributed by atoms with Gasteiger partial charge in [0.1, 0.15) is 6.10 Å². The molecule has 0 aromatic carbocycles. The Labute approximate surface area is 751 Å². The number of hydrogen-bond acceptors (Lipinski definition) is 28. The van der Waals surface area contributed by atoms with Gasteiger partial charge in [0.15, 0.2) is 8.32 Å². The van der Waals surface area contributed by atoms with Crippen molar-refractivity contribution in [3.63, 3.8) is 0 Å². The van der Waals surface area contributed by atoms with E-state index in [0.29, 0.717) is 6.10 Å². The molecule has 1 aliphatic heterocycles. The molecule has 118 heavy (non-hydrogen) atoms. The van der Waals surface area contributed by atoms with Gasteiger partial charge in [-0.3, -0.25) is 0 Å². The second kappa shape index (κ2) is 43.9. The first kappa shape index (κ1) is 123. The average Bonchev–Trinajstić information content (AvgIpc) is 0.976. The molecule has 0 aliphatic carbocycles. The van der Waals surface area contributed by atoms with Crippen LogP contribution in [0.4, 0.5) is 0 Å². The van der Waals surface area contributed by atoms with Gasteiger partial charge in [-0.2, -0.15) is 0 Å². The summed E-state index contributed by atoms with van der Waals surface area (Å²) in [5, 5.41) is 0. The van der Waals surface area contributed by atoms with E-state index in [2.05, 4.69) is 354 Å². The highest BCUT2D eigenvalue weighted by atomic mass is 28.6. The van der Waals surface area contributed by atoms with Crippen LogP contribution in [0.1, 0.15) is 40.5 Å². The fourth-order valence-electron chi connectivity index (χ4n) is 17.1. The summed E-state index contributed by atoms with van der Waals surface area (Å²) < 4.78 is 189. The van der Waals surface area contributed by atoms with E-state index in [1.54, 1.807) is 0 Å². The minimum absolute atomic E-state index is 0.0696. The predicted molar refractivity (Wildman–Crippen MR) is 544 cm³/mol. The van der Waals surface area contributed by atoms with E-state index in [0.717, 1.165) is 38.7 Å². The maximum Gasteiger partial charge on any atom is 0.323 e. The standard InChI is InChI=1S/C58H170O26Si26.C6H12O2/c1-56-57-85(4,5)60-87(8,9)62-89(12,13)64-91(16,17)66-93(20,21)68-95(24,25)70-97(28,29)72-99(32,33)74-101(36,37)76-103(40,41)78-105(44,45)80-107(48,49)82-109(52,53)84-110(54,55)83-108(50,51)81-106(46,47)79-104(42,43)77-102(38,39)75-100(34,35)73-98(30,31)71-96(26,27)69-94(22,23)67-92(18,19)65-90(14,15)63-88(10,11)61-86(6,7)59-58(2)3;1-2-3-7-4-6-5-8-6/h58H,56-57H2,1-55H3;6H,2-5H2,1H3. The summed E-state index contributed by atoms with van der Waals surface area (Å²) in [7, 11) is -72.2. The first-order valence-corrected chi connectivity index (χ1v) is 116. The van der Waals surface area contributed by atoms with Crippen LogP contribution in [0.15, 0.2) is 0 Å². The highest BCUT2D eigenvalue weighted by Crippen LogP contribution is 2.38. The van der Waals surface area contributed by atoms with Gasteiger partial charge in [0.25, 0.3) is 0 Å². The molecular formula is C64H182O28Si26. The summed E-state index contributed by atoms with van der Waals surface area (Å²) >= 11 is 0. The zero-order chi connectivity index (χ0) is 94.2. The van der Waals surface area contributed by atoms with Crippen LogP contribution >= 0.6 is 0 Å². The van der Waals surface area contributed by atoms with Crippen molar-refractivity contribution in [1.82, 2.24) is 0 Å². The lowest BCUT2D eigenvalue weighted by Gasteiger charge is -2.45. The van der Waals surface area contributed by atoms with Crippen molar-refractivity contribution >= 4 is 222 Å². The lowest BCUT2D eigenvalue weighted by Crippen LogP contribution is -2.63. The molecule has 1 rings (SSSR count). The monoisotopic (exact) mass is 2130 g/mol. The molecule has 1 atom stereocenters. The summed E-state index contributed by atoms with van der Waals surface area (Å²) in [5.74, 6) is 0. The van der Waals surface area contributed by atoms with Gasteiger partial charge in [-0.1, -0.05) is 20.3 Å². The number of hydrogen-bond donors (Lipinski definition) is 0. The summed E-state index contributed by atoms with van der Waals surface area (Å²) in [4.78, 5) is 0. The molecule has 0 N–H and O–H groups in total. The smallest absolute Gasteiger partial charge is 0.323 e. The Morgan fingerprint density at radius 3 is 0.441 bits per heavy atom. The number of ether oxygens (including phenoxy) is 2. The van der Waals surface area contributed by atoms with Gasteiger partial charge in [-0.05, 0) is 367 Å². The van der Waals surface area contributed by atoms with Crippen molar-refractivity contribution in [1.29, 1.82) is 0 Å². The minimum Gasteiger partial charge on any atom is -0.436 e. The molecule has 0 amide bonds. The van der Waals surface area contributed by atoms with E-state index in [9.17, 15) is 0 Å². The maximum atomic E-state index is 7.01. The Hall–Kier alpha value is 4.52. The first-order valence-electron chi connectivity index (χ1n) is 42.5. The number of rotatable bonds is 58. The van der Waals surface area contributed by atoms with Crippen LogP contribution in [0.5, 0.6) is 0 Å². The molecule has 1 aliphatic rings. The van der Waals surface area contributed by atoms with Crippen molar-refractivity contribution in [3.05, 3.63) is 0 Å². The highest BCUT2D eigenvalue weighted by molar-refractivity contribution is 6.98.